The minimum atomic E-state index is 0.593. The Morgan fingerprint density at radius 1 is 0.800 bits per heavy atom. The number of ether oxygens (including phenoxy) is 2. The van der Waals surface area contributed by atoms with Crippen molar-refractivity contribution in [2.45, 2.75) is 20.1 Å². The van der Waals surface area contributed by atoms with Crippen LogP contribution in [0.1, 0.15) is 16.7 Å². The third-order valence-electron chi connectivity index (χ3n) is 4.17. The van der Waals surface area contributed by atoms with Gasteiger partial charge in [0, 0.05) is 12.2 Å². The molecule has 0 aliphatic rings. The van der Waals surface area contributed by atoms with Crippen molar-refractivity contribution >= 4 is 5.69 Å². The monoisotopic (exact) mass is 333 g/mol. The molecule has 0 aliphatic heterocycles. The molecule has 0 bridgehead atoms. The summed E-state index contributed by atoms with van der Waals surface area (Å²) in [5.41, 5.74) is 4.75. The van der Waals surface area contributed by atoms with Gasteiger partial charge in [0.05, 0.1) is 7.11 Å². The molecule has 0 saturated heterocycles. The van der Waals surface area contributed by atoms with Crippen LogP contribution in [-0.4, -0.2) is 7.11 Å². The number of hydrogen-bond acceptors (Lipinski definition) is 3. The first-order valence-electron chi connectivity index (χ1n) is 8.39. The smallest absolute Gasteiger partial charge is 0.119 e. The Morgan fingerprint density at radius 3 is 2.16 bits per heavy atom. The minimum Gasteiger partial charge on any atom is -0.497 e. The molecule has 3 rings (SSSR count). The Kier molecular flexibility index (Phi) is 5.57. The highest BCUT2D eigenvalue weighted by Crippen LogP contribution is 2.18. The highest BCUT2D eigenvalue weighted by atomic mass is 16.5. The van der Waals surface area contributed by atoms with Gasteiger partial charge in [-0.25, -0.2) is 0 Å². The molecule has 0 amide bonds. The molecule has 3 nitrogen and oxygen atoms in total. The second kappa shape index (κ2) is 8.25. The van der Waals surface area contributed by atoms with E-state index in [0.717, 1.165) is 23.7 Å². The standard InChI is InChI=1S/C22H23NO2/c1-17-5-3-4-6-19(17)16-25-22-11-7-18(8-12-22)15-23-20-9-13-21(24-2)14-10-20/h3-14,23H,15-16H2,1-2H3. The van der Waals surface area contributed by atoms with Crippen molar-refractivity contribution in [3.8, 4) is 11.5 Å². The fourth-order valence-electron chi connectivity index (χ4n) is 2.55. The highest BCUT2D eigenvalue weighted by molar-refractivity contribution is 5.47. The second-order valence-corrected chi connectivity index (χ2v) is 5.94. The van der Waals surface area contributed by atoms with Crippen LogP contribution in [0.25, 0.3) is 0 Å². The van der Waals surface area contributed by atoms with E-state index in [0.29, 0.717) is 6.61 Å². The maximum atomic E-state index is 5.88. The van der Waals surface area contributed by atoms with Gasteiger partial charge in [0.15, 0.2) is 0 Å². The van der Waals surface area contributed by atoms with Crippen LogP contribution in [0, 0.1) is 6.92 Å². The zero-order valence-electron chi connectivity index (χ0n) is 14.7. The summed E-state index contributed by atoms with van der Waals surface area (Å²) in [6.45, 7) is 3.47. The quantitative estimate of drug-likeness (QED) is 0.645. The Balaban J connectivity index is 1.52. The summed E-state index contributed by atoms with van der Waals surface area (Å²) in [5, 5.41) is 3.40. The number of rotatable bonds is 7. The van der Waals surface area contributed by atoms with E-state index in [1.54, 1.807) is 7.11 Å². The molecule has 3 heteroatoms. The van der Waals surface area contributed by atoms with E-state index in [9.17, 15) is 0 Å². The molecule has 3 aromatic rings. The lowest BCUT2D eigenvalue weighted by Gasteiger charge is -2.10. The van der Waals surface area contributed by atoms with Gasteiger partial charge in [-0.3, -0.25) is 0 Å². The van der Waals surface area contributed by atoms with Crippen LogP contribution in [0.2, 0.25) is 0 Å². The van der Waals surface area contributed by atoms with Crippen molar-refractivity contribution in [2.75, 3.05) is 12.4 Å². The van der Waals surface area contributed by atoms with E-state index in [1.165, 1.54) is 16.7 Å². The summed E-state index contributed by atoms with van der Waals surface area (Å²) in [5.74, 6) is 1.75. The first-order valence-corrected chi connectivity index (χ1v) is 8.39. The highest BCUT2D eigenvalue weighted by Gasteiger charge is 2.00. The van der Waals surface area contributed by atoms with Crippen molar-refractivity contribution in [3.05, 3.63) is 89.5 Å². The number of methoxy groups -OCH3 is 1. The molecule has 0 heterocycles. The van der Waals surface area contributed by atoms with Gasteiger partial charge in [0.1, 0.15) is 18.1 Å². The average molecular weight is 333 g/mol. The Morgan fingerprint density at radius 2 is 1.48 bits per heavy atom. The fraction of sp³-hybridized carbons (Fsp3) is 0.182. The van der Waals surface area contributed by atoms with Crippen LogP contribution in [0.5, 0.6) is 11.5 Å². The average Bonchev–Trinajstić information content (AvgIpc) is 2.67. The van der Waals surface area contributed by atoms with Gasteiger partial charge in [0.25, 0.3) is 0 Å². The van der Waals surface area contributed by atoms with Gasteiger partial charge >= 0.3 is 0 Å². The second-order valence-electron chi connectivity index (χ2n) is 5.94. The summed E-state index contributed by atoms with van der Waals surface area (Å²) >= 11 is 0. The molecule has 128 valence electrons. The van der Waals surface area contributed by atoms with E-state index in [1.807, 2.05) is 48.5 Å². The topological polar surface area (TPSA) is 30.5 Å². The van der Waals surface area contributed by atoms with E-state index < -0.39 is 0 Å². The zero-order chi connectivity index (χ0) is 17.5. The minimum absolute atomic E-state index is 0.593. The van der Waals surface area contributed by atoms with E-state index in [-0.39, 0.29) is 0 Å². The molecule has 1 N–H and O–H groups in total. The first-order chi connectivity index (χ1) is 12.2. The molecule has 0 atom stereocenters. The normalized spacial score (nSPS) is 10.3. The van der Waals surface area contributed by atoms with E-state index >= 15 is 0 Å². The predicted molar refractivity (Wildman–Crippen MR) is 102 cm³/mol. The maximum Gasteiger partial charge on any atom is 0.119 e. The van der Waals surface area contributed by atoms with Gasteiger partial charge in [-0.15, -0.1) is 0 Å². The summed E-state index contributed by atoms with van der Waals surface area (Å²) in [4.78, 5) is 0. The van der Waals surface area contributed by atoms with Crippen molar-refractivity contribution < 1.29 is 9.47 Å². The molecule has 0 aliphatic carbocycles. The van der Waals surface area contributed by atoms with Crippen molar-refractivity contribution in [1.29, 1.82) is 0 Å². The summed E-state index contributed by atoms with van der Waals surface area (Å²) in [6, 6.07) is 24.4. The molecule has 0 radical (unpaired) electrons. The molecular weight excluding hydrogens is 310 g/mol. The van der Waals surface area contributed by atoms with Crippen LogP contribution in [0.4, 0.5) is 5.69 Å². The molecule has 0 aromatic heterocycles. The molecule has 0 saturated carbocycles. The van der Waals surface area contributed by atoms with Gasteiger partial charge in [-0.2, -0.15) is 0 Å². The number of nitrogens with one attached hydrogen (secondary N) is 1. The van der Waals surface area contributed by atoms with Gasteiger partial charge < -0.3 is 14.8 Å². The SMILES string of the molecule is COc1ccc(NCc2ccc(OCc3ccccc3C)cc2)cc1. The zero-order valence-corrected chi connectivity index (χ0v) is 14.7. The summed E-state index contributed by atoms with van der Waals surface area (Å²) < 4.78 is 11.0. The van der Waals surface area contributed by atoms with Crippen LogP contribution in [0.3, 0.4) is 0 Å². The molecule has 0 spiro atoms. The van der Waals surface area contributed by atoms with Crippen molar-refractivity contribution in [1.82, 2.24) is 0 Å². The van der Waals surface area contributed by atoms with Crippen LogP contribution >= 0.6 is 0 Å². The van der Waals surface area contributed by atoms with Crippen LogP contribution < -0.4 is 14.8 Å². The lowest BCUT2D eigenvalue weighted by atomic mass is 10.1. The Bertz CT molecular complexity index is 795. The van der Waals surface area contributed by atoms with Crippen molar-refractivity contribution in [2.24, 2.45) is 0 Å². The maximum absolute atomic E-state index is 5.88. The van der Waals surface area contributed by atoms with Gasteiger partial charge in [0.2, 0.25) is 0 Å². The Hall–Kier alpha value is -2.94. The number of aryl methyl sites for hydroxylation is 1. The lowest BCUT2D eigenvalue weighted by Crippen LogP contribution is -2.00. The van der Waals surface area contributed by atoms with Crippen LogP contribution in [-0.2, 0) is 13.2 Å². The van der Waals surface area contributed by atoms with Crippen LogP contribution in [0.15, 0.2) is 72.8 Å². The van der Waals surface area contributed by atoms with Gasteiger partial charge in [-0.05, 0) is 60.0 Å². The fourth-order valence-corrected chi connectivity index (χ4v) is 2.55. The van der Waals surface area contributed by atoms with E-state index in [4.69, 9.17) is 9.47 Å². The van der Waals surface area contributed by atoms with Crippen molar-refractivity contribution in [3.63, 3.8) is 0 Å². The summed E-state index contributed by atoms with van der Waals surface area (Å²) in [6.07, 6.45) is 0. The lowest BCUT2D eigenvalue weighted by molar-refractivity contribution is 0.305. The summed E-state index contributed by atoms with van der Waals surface area (Å²) in [7, 11) is 1.67. The molecule has 0 fully saturated rings. The van der Waals surface area contributed by atoms with Gasteiger partial charge in [-0.1, -0.05) is 36.4 Å². The number of hydrogen-bond donors (Lipinski definition) is 1. The number of anilines is 1. The predicted octanol–water partition coefficient (Wildman–Crippen LogP) is 5.19. The van der Waals surface area contributed by atoms with E-state index in [2.05, 4.69) is 36.5 Å². The Labute approximate surface area is 149 Å². The molecular formula is C22H23NO2. The third-order valence-corrected chi connectivity index (χ3v) is 4.17. The first kappa shape index (κ1) is 16.9. The molecule has 25 heavy (non-hydrogen) atoms. The molecule has 3 aromatic carbocycles. The third kappa shape index (κ3) is 4.77. The number of benzene rings is 3. The molecule has 0 unspecified atom stereocenters. The largest absolute Gasteiger partial charge is 0.497 e.